The van der Waals surface area contributed by atoms with Crippen molar-refractivity contribution in [2.24, 2.45) is 0 Å². The van der Waals surface area contributed by atoms with Crippen LogP contribution in [0.4, 0.5) is 11.4 Å². The minimum atomic E-state index is 0.135. The molecule has 0 bridgehead atoms. The fourth-order valence-corrected chi connectivity index (χ4v) is 2.06. The van der Waals surface area contributed by atoms with Crippen LogP contribution >= 0.6 is 0 Å². The molecule has 3 N–H and O–H groups in total. The summed E-state index contributed by atoms with van der Waals surface area (Å²) >= 11 is 0. The molecule has 2 aromatic rings. The largest absolute Gasteiger partial charge is 0.497 e. The molecule has 0 amide bonds. The number of hydrogen-bond acceptors (Lipinski definition) is 4. The number of para-hydroxylation sites is 1. The molecule has 0 saturated heterocycles. The Balaban J connectivity index is 2.16. The number of methoxy groups -OCH3 is 2. The van der Waals surface area contributed by atoms with E-state index in [4.69, 9.17) is 15.2 Å². The number of hydrogen-bond donors (Lipinski definition) is 2. The van der Waals surface area contributed by atoms with Crippen LogP contribution in [0.15, 0.2) is 42.5 Å². The Morgan fingerprint density at radius 3 is 2.30 bits per heavy atom. The number of nitrogens with two attached hydrogens (primary N) is 1. The molecule has 1 atom stereocenters. The lowest BCUT2D eigenvalue weighted by Crippen LogP contribution is -2.08. The minimum absolute atomic E-state index is 0.135. The Kier molecular flexibility index (Phi) is 4.35. The molecule has 2 aromatic carbocycles. The van der Waals surface area contributed by atoms with E-state index in [-0.39, 0.29) is 6.04 Å². The maximum atomic E-state index is 6.06. The van der Waals surface area contributed by atoms with Crippen LogP contribution < -0.4 is 20.5 Å². The lowest BCUT2D eigenvalue weighted by atomic mass is 10.1. The molecule has 0 spiro atoms. The van der Waals surface area contributed by atoms with Crippen LogP contribution in [0.3, 0.4) is 0 Å². The van der Waals surface area contributed by atoms with Crippen molar-refractivity contribution < 1.29 is 9.47 Å². The van der Waals surface area contributed by atoms with E-state index >= 15 is 0 Å². The summed E-state index contributed by atoms with van der Waals surface area (Å²) in [5.74, 6) is 1.53. The van der Waals surface area contributed by atoms with Gasteiger partial charge in [0.15, 0.2) is 0 Å². The normalized spacial score (nSPS) is 11.8. The Labute approximate surface area is 119 Å². The first-order valence-electron chi connectivity index (χ1n) is 6.48. The van der Waals surface area contributed by atoms with Crippen molar-refractivity contribution in [3.8, 4) is 11.5 Å². The highest BCUT2D eigenvalue weighted by atomic mass is 16.5. The zero-order chi connectivity index (χ0) is 14.5. The van der Waals surface area contributed by atoms with Crippen LogP contribution in [0.25, 0.3) is 0 Å². The van der Waals surface area contributed by atoms with Gasteiger partial charge in [0.25, 0.3) is 0 Å². The highest BCUT2D eigenvalue weighted by Gasteiger charge is 2.10. The molecule has 0 fully saturated rings. The summed E-state index contributed by atoms with van der Waals surface area (Å²) < 4.78 is 10.4. The lowest BCUT2D eigenvalue weighted by molar-refractivity contribution is 0.414. The molecule has 0 aromatic heterocycles. The van der Waals surface area contributed by atoms with E-state index in [0.717, 1.165) is 17.0 Å². The standard InChI is InChI=1S/C16H20N2O2/c1-11(12-7-9-13(19-2)10-8-12)18-14-5-4-6-15(20-3)16(14)17/h4-11,18H,17H2,1-3H3. The van der Waals surface area contributed by atoms with E-state index in [0.29, 0.717) is 11.4 Å². The van der Waals surface area contributed by atoms with E-state index in [1.165, 1.54) is 0 Å². The van der Waals surface area contributed by atoms with E-state index in [9.17, 15) is 0 Å². The number of rotatable bonds is 5. The van der Waals surface area contributed by atoms with E-state index in [1.54, 1.807) is 14.2 Å². The summed E-state index contributed by atoms with van der Waals surface area (Å²) in [6.45, 7) is 2.08. The molecule has 1 unspecified atom stereocenters. The first-order valence-corrected chi connectivity index (χ1v) is 6.48. The van der Waals surface area contributed by atoms with Gasteiger partial charge in [-0.1, -0.05) is 18.2 Å². The average Bonchev–Trinajstić information content (AvgIpc) is 2.49. The van der Waals surface area contributed by atoms with Crippen LogP contribution in [0.5, 0.6) is 11.5 Å². The summed E-state index contributed by atoms with van der Waals surface area (Å²) in [6, 6.07) is 13.8. The SMILES string of the molecule is COc1ccc(C(C)Nc2cccc(OC)c2N)cc1. The molecule has 0 aliphatic rings. The fraction of sp³-hybridized carbons (Fsp3) is 0.250. The monoisotopic (exact) mass is 272 g/mol. The molecule has 0 aliphatic heterocycles. The predicted octanol–water partition coefficient (Wildman–Crippen LogP) is 3.46. The molecule has 4 heteroatoms. The van der Waals surface area contributed by atoms with E-state index in [1.807, 2.05) is 42.5 Å². The molecule has 0 aliphatic carbocycles. The van der Waals surface area contributed by atoms with Crippen molar-refractivity contribution >= 4 is 11.4 Å². The quantitative estimate of drug-likeness (QED) is 0.818. The third-order valence-electron chi connectivity index (χ3n) is 3.27. The highest BCUT2D eigenvalue weighted by Crippen LogP contribution is 2.31. The Morgan fingerprint density at radius 1 is 1.00 bits per heavy atom. The Hall–Kier alpha value is -2.36. The summed E-state index contributed by atoms with van der Waals surface area (Å²) in [7, 11) is 3.27. The molecule has 4 nitrogen and oxygen atoms in total. The van der Waals surface area contributed by atoms with Gasteiger partial charge in [-0.25, -0.2) is 0 Å². The lowest BCUT2D eigenvalue weighted by Gasteiger charge is -2.18. The van der Waals surface area contributed by atoms with Crippen molar-refractivity contribution in [2.75, 3.05) is 25.3 Å². The number of anilines is 2. The first kappa shape index (κ1) is 14.1. The highest BCUT2D eigenvalue weighted by molar-refractivity contribution is 5.73. The van der Waals surface area contributed by atoms with Crippen LogP contribution in [-0.4, -0.2) is 14.2 Å². The summed E-state index contributed by atoms with van der Waals surface area (Å²) in [5.41, 5.74) is 8.71. The summed E-state index contributed by atoms with van der Waals surface area (Å²) in [6.07, 6.45) is 0. The number of ether oxygens (including phenoxy) is 2. The maximum Gasteiger partial charge on any atom is 0.143 e. The van der Waals surface area contributed by atoms with Gasteiger partial charge >= 0.3 is 0 Å². The van der Waals surface area contributed by atoms with Crippen LogP contribution in [0.1, 0.15) is 18.5 Å². The third-order valence-corrected chi connectivity index (χ3v) is 3.27. The van der Waals surface area contributed by atoms with E-state index < -0.39 is 0 Å². The Bertz CT molecular complexity index is 567. The molecular weight excluding hydrogens is 252 g/mol. The summed E-state index contributed by atoms with van der Waals surface area (Å²) in [5, 5.41) is 3.39. The number of nitrogens with one attached hydrogen (secondary N) is 1. The molecular formula is C16H20N2O2. The maximum absolute atomic E-state index is 6.06. The van der Waals surface area contributed by atoms with Gasteiger partial charge in [0, 0.05) is 6.04 Å². The minimum Gasteiger partial charge on any atom is -0.497 e. The van der Waals surface area contributed by atoms with Crippen LogP contribution in [-0.2, 0) is 0 Å². The van der Waals surface area contributed by atoms with Gasteiger partial charge in [-0.3, -0.25) is 0 Å². The summed E-state index contributed by atoms with van der Waals surface area (Å²) in [4.78, 5) is 0. The van der Waals surface area contributed by atoms with Crippen LogP contribution in [0.2, 0.25) is 0 Å². The van der Waals surface area contributed by atoms with Crippen molar-refractivity contribution in [3.05, 3.63) is 48.0 Å². The first-order chi connectivity index (χ1) is 9.65. The van der Waals surface area contributed by atoms with Gasteiger partial charge in [0.1, 0.15) is 11.5 Å². The van der Waals surface area contributed by atoms with Gasteiger partial charge in [-0.2, -0.15) is 0 Å². The van der Waals surface area contributed by atoms with Gasteiger partial charge in [-0.15, -0.1) is 0 Å². The molecule has 0 saturated carbocycles. The molecule has 0 heterocycles. The number of benzene rings is 2. The third kappa shape index (κ3) is 2.96. The molecule has 106 valence electrons. The second-order valence-corrected chi connectivity index (χ2v) is 4.56. The van der Waals surface area contributed by atoms with Gasteiger partial charge in [0.2, 0.25) is 0 Å². The smallest absolute Gasteiger partial charge is 0.143 e. The molecule has 20 heavy (non-hydrogen) atoms. The second kappa shape index (κ2) is 6.19. The zero-order valence-corrected chi connectivity index (χ0v) is 12.0. The van der Waals surface area contributed by atoms with Crippen molar-refractivity contribution in [2.45, 2.75) is 13.0 Å². The second-order valence-electron chi connectivity index (χ2n) is 4.56. The topological polar surface area (TPSA) is 56.5 Å². The Morgan fingerprint density at radius 2 is 1.70 bits per heavy atom. The zero-order valence-electron chi connectivity index (χ0n) is 12.0. The predicted molar refractivity (Wildman–Crippen MR) is 82.4 cm³/mol. The van der Waals surface area contributed by atoms with Crippen LogP contribution in [0, 0.1) is 0 Å². The van der Waals surface area contributed by atoms with E-state index in [2.05, 4.69) is 12.2 Å². The fourth-order valence-electron chi connectivity index (χ4n) is 2.06. The van der Waals surface area contributed by atoms with Gasteiger partial charge < -0.3 is 20.5 Å². The van der Waals surface area contributed by atoms with Crippen molar-refractivity contribution in [1.82, 2.24) is 0 Å². The average molecular weight is 272 g/mol. The van der Waals surface area contributed by atoms with Crippen molar-refractivity contribution in [1.29, 1.82) is 0 Å². The molecule has 2 rings (SSSR count). The van der Waals surface area contributed by atoms with Crippen molar-refractivity contribution in [3.63, 3.8) is 0 Å². The molecule has 0 radical (unpaired) electrons. The van der Waals surface area contributed by atoms with Gasteiger partial charge in [-0.05, 0) is 36.8 Å². The van der Waals surface area contributed by atoms with Gasteiger partial charge in [0.05, 0.1) is 25.6 Å². The number of nitrogen functional groups attached to an aromatic ring is 1.